The SMILES string of the molecule is [2H]c1c([2H])c2c3c(c1[2H])C([2H])([2H])C([2H])([2H])C([2H])([2H])[C@]3([2H])CN([C@@H]1CN3CC[C@H]1C([2H])([2H])C3([2H])[2H])C2=O. The standard InChI is InChI=1S/C19H24N2O/c22-19-16-6-2-4-14-3-1-5-15(18(14)16)11-21(19)17-12-20-9-7-13(17)8-10-20/h2,4,6,13,15,17H,1,3,5,7-12H2/t15-,17-/m1/s1/i1D2,2D,3D2,4D,5D2,6D,7D2,9D2,15D/t13-,15-,17-. The second-order valence-electron chi connectivity index (χ2n) is 5.95. The Morgan fingerprint density at radius 3 is 3.18 bits per heavy atom. The van der Waals surface area contributed by atoms with Gasteiger partial charge in [-0.05, 0) is 68.0 Å². The number of rotatable bonds is 1. The Morgan fingerprint density at radius 2 is 2.27 bits per heavy atom. The van der Waals surface area contributed by atoms with E-state index >= 15 is 0 Å². The van der Waals surface area contributed by atoms with Gasteiger partial charge in [0.1, 0.15) is 0 Å². The van der Waals surface area contributed by atoms with Crippen LogP contribution in [0.1, 0.15) is 72.1 Å². The van der Waals surface area contributed by atoms with Gasteiger partial charge in [0.05, 0.1) is 4.11 Å². The third-order valence-corrected chi connectivity index (χ3v) is 4.77. The molecule has 3 nitrogen and oxygen atoms in total. The van der Waals surface area contributed by atoms with Crippen LogP contribution in [0.25, 0.3) is 0 Å². The van der Waals surface area contributed by atoms with E-state index in [2.05, 4.69) is 0 Å². The maximum absolute atomic E-state index is 13.8. The molecule has 4 atom stereocenters. The van der Waals surface area contributed by atoms with E-state index in [0.29, 0.717) is 0 Å². The van der Waals surface area contributed by atoms with Gasteiger partial charge in [-0.1, -0.05) is 12.1 Å². The summed E-state index contributed by atoms with van der Waals surface area (Å²) in [6.07, 6.45) is -12.1. The molecular weight excluding hydrogens is 272 g/mol. The van der Waals surface area contributed by atoms with Crippen molar-refractivity contribution >= 4 is 5.91 Å². The summed E-state index contributed by atoms with van der Waals surface area (Å²) in [5, 5.41) is 0. The molecule has 2 bridgehead atoms. The zero-order chi connectivity index (χ0) is 27.2. The maximum atomic E-state index is 13.8. The Labute approximate surface area is 152 Å². The van der Waals surface area contributed by atoms with E-state index in [9.17, 15) is 6.17 Å². The fourth-order valence-corrected chi connectivity index (χ4v) is 3.66. The zero-order valence-electron chi connectivity index (χ0n) is 25.8. The number of benzene rings is 1. The van der Waals surface area contributed by atoms with E-state index in [1.165, 1.54) is 4.90 Å². The van der Waals surface area contributed by atoms with E-state index < -0.39 is 97.1 Å². The third-order valence-electron chi connectivity index (χ3n) is 4.77. The monoisotopic (exact) mass is 310 g/mol. The summed E-state index contributed by atoms with van der Waals surface area (Å²) in [7, 11) is 0. The molecule has 1 amide bonds. The van der Waals surface area contributed by atoms with Crippen molar-refractivity contribution in [3.63, 3.8) is 0 Å². The molecule has 6 rings (SSSR count). The normalized spacial score (nSPS) is 60.5. The summed E-state index contributed by atoms with van der Waals surface area (Å²) in [6.45, 7) is -3.06. The summed E-state index contributed by atoms with van der Waals surface area (Å²) >= 11 is 0. The summed E-state index contributed by atoms with van der Waals surface area (Å²) in [5.74, 6) is -4.68. The van der Waals surface area contributed by atoms with E-state index in [0.717, 1.165) is 4.90 Å². The van der Waals surface area contributed by atoms with Crippen molar-refractivity contribution in [3.8, 4) is 0 Å². The lowest BCUT2D eigenvalue weighted by Gasteiger charge is -2.51. The smallest absolute Gasteiger partial charge is 0.254 e. The molecule has 3 fully saturated rings. The third kappa shape index (κ3) is 1.81. The molecule has 1 aromatic carbocycles. The van der Waals surface area contributed by atoms with Gasteiger partial charge in [-0.25, -0.2) is 0 Å². The van der Waals surface area contributed by atoms with E-state index in [-0.39, 0.29) is 19.5 Å². The van der Waals surface area contributed by atoms with Gasteiger partial charge in [-0.15, -0.1) is 0 Å². The molecule has 1 aromatic rings. The number of carbonyl (C=O) groups excluding carboxylic acids is 1. The molecule has 0 aromatic heterocycles. The van der Waals surface area contributed by atoms with Crippen molar-refractivity contribution in [2.75, 3.05) is 26.1 Å². The fourth-order valence-electron chi connectivity index (χ4n) is 3.66. The van der Waals surface area contributed by atoms with Gasteiger partial charge < -0.3 is 9.80 Å². The number of amides is 1. The first kappa shape index (κ1) is 5.34. The largest absolute Gasteiger partial charge is 0.333 e. The molecule has 1 unspecified atom stereocenters. The Bertz CT molecular complexity index is 1200. The summed E-state index contributed by atoms with van der Waals surface area (Å²) < 4.78 is 118. The lowest BCUT2D eigenvalue weighted by Crippen LogP contribution is -2.60. The average Bonchev–Trinajstić information content (AvgIpc) is 2.76. The van der Waals surface area contributed by atoms with E-state index in [1.807, 2.05) is 0 Å². The molecule has 1 aliphatic carbocycles. The quantitative estimate of drug-likeness (QED) is 0.796. The van der Waals surface area contributed by atoms with Crippen LogP contribution in [0.5, 0.6) is 0 Å². The van der Waals surface area contributed by atoms with E-state index in [1.54, 1.807) is 0 Å². The Morgan fingerprint density at radius 1 is 1.32 bits per heavy atom. The van der Waals surface area contributed by atoms with Crippen molar-refractivity contribution in [2.45, 2.75) is 43.8 Å². The number of nitrogens with zero attached hydrogens (tertiary/aromatic N) is 2. The molecule has 3 heteroatoms. The Balaban J connectivity index is 1.78. The number of piperidine rings is 3. The van der Waals surface area contributed by atoms with Crippen LogP contribution >= 0.6 is 0 Å². The first-order valence-corrected chi connectivity index (χ1v) is 7.40. The topological polar surface area (TPSA) is 23.6 Å². The molecule has 116 valence electrons. The highest BCUT2D eigenvalue weighted by Gasteiger charge is 2.43. The van der Waals surface area contributed by atoms with Gasteiger partial charge in [-0.3, -0.25) is 4.79 Å². The van der Waals surface area contributed by atoms with Gasteiger partial charge in [0.25, 0.3) is 5.91 Å². The van der Waals surface area contributed by atoms with Gasteiger partial charge in [0.15, 0.2) is 0 Å². The molecule has 4 aliphatic heterocycles. The summed E-state index contributed by atoms with van der Waals surface area (Å²) in [5.41, 5.74) is -2.06. The first-order chi connectivity index (χ1) is 16.2. The predicted octanol–water partition coefficient (Wildman–Crippen LogP) is 2.66. The van der Waals surface area contributed by atoms with Crippen molar-refractivity contribution in [2.24, 2.45) is 5.92 Å². The van der Waals surface area contributed by atoms with Crippen LogP contribution < -0.4 is 0 Å². The molecular formula is C19H24N2O. The minimum absolute atomic E-state index is 0.129. The van der Waals surface area contributed by atoms with E-state index in [4.69, 9.17) is 17.8 Å². The molecule has 0 radical (unpaired) electrons. The van der Waals surface area contributed by atoms with Crippen LogP contribution in [0.2, 0.25) is 0 Å². The number of fused-ring (bicyclic) bond motifs is 3. The van der Waals surface area contributed by atoms with Gasteiger partial charge >= 0.3 is 0 Å². The van der Waals surface area contributed by atoms with Crippen LogP contribution in [0.4, 0.5) is 0 Å². The molecule has 0 N–H and O–H groups in total. The minimum atomic E-state index is -3.37. The van der Waals surface area contributed by atoms with Gasteiger partial charge in [-0.2, -0.15) is 0 Å². The Kier molecular flexibility index (Phi) is 1.17. The Hall–Kier alpha value is -1.35. The van der Waals surface area contributed by atoms with Crippen LogP contribution in [-0.2, 0) is 6.37 Å². The molecule has 0 spiro atoms. The second kappa shape index (κ2) is 4.82. The highest BCUT2D eigenvalue weighted by atomic mass is 16.2. The van der Waals surface area contributed by atoms with Crippen molar-refractivity contribution in [3.05, 3.63) is 34.8 Å². The molecule has 0 saturated carbocycles. The number of hydrogen-bond donors (Lipinski definition) is 0. The zero-order valence-corrected chi connectivity index (χ0v) is 11.8. The van der Waals surface area contributed by atoms with Gasteiger partial charge in [0.2, 0.25) is 0 Å². The van der Waals surface area contributed by atoms with Gasteiger partial charge in [0, 0.05) is 45.7 Å². The highest BCUT2D eigenvalue weighted by Crippen LogP contribution is 2.41. The molecule has 4 heterocycles. The molecule has 22 heavy (non-hydrogen) atoms. The summed E-state index contributed by atoms with van der Waals surface area (Å²) in [4.78, 5) is 16.0. The lowest BCUT2D eigenvalue weighted by atomic mass is 9.75. The highest BCUT2D eigenvalue weighted by molar-refractivity contribution is 5.97. The molecule has 5 aliphatic rings. The van der Waals surface area contributed by atoms with Crippen LogP contribution in [0.3, 0.4) is 0 Å². The first-order valence-electron chi connectivity index (χ1n) is 14.4. The lowest BCUT2D eigenvalue weighted by molar-refractivity contribution is 0.00258. The van der Waals surface area contributed by atoms with Crippen LogP contribution in [0.15, 0.2) is 18.1 Å². The minimum Gasteiger partial charge on any atom is -0.333 e. The fraction of sp³-hybridized carbons (Fsp3) is 0.632. The van der Waals surface area contributed by atoms with Crippen LogP contribution in [0, 0.1) is 5.92 Å². The maximum Gasteiger partial charge on any atom is 0.254 e. The van der Waals surface area contributed by atoms with Crippen molar-refractivity contribution in [1.82, 2.24) is 9.80 Å². The number of carbonyl (C=O) groups is 1. The second-order valence-corrected chi connectivity index (χ2v) is 5.95. The molecule has 3 saturated heterocycles. The number of hydrogen-bond acceptors (Lipinski definition) is 2. The van der Waals surface area contributed by atoms with Crippen LogP contribution in [-0.4, -0.2) is 47.9 Å². The summed E-state index contributed by atoms with van der Waals surface area (Å²) in [6, 6.07) is -3.58. The average molecular weight is 310 g/mol. The van der Waals surface area contributed by atoms with Crippen molar-refractivity contribution < 1.29 is 24.0 Å². The van der Waals surface area contributed by atoms with Crippen molar-refractivity contribution in [1.29, 1.82) is 0 Å². The predicted molar refractivity (Wildman–Crippen MR) is 86.1 cm³/mol.